The first kappa shape index (κ1) is 17.0. The molecular formula is C19H12N3O4. The van der Waals surface area contributed by atoms with Crippen LogP contribution in [0.15, 0.2) is 83.0 Å². The molecule has 7 heteroatoms. The number of benzene rings is 3. The largest absolute Gasteiger partial charge is 0.423 e. The van der Waals surface area contributed by atoms with Crippen LogP contribution in [0, 0.1) is 16.2 Å². The fourth-order valence-electron chi connectivity index (χ4n) is 2.03. The lowest BCUT2D eigenvalue weighted by atomic mass is 10.2. The zero-order valence-corrected chi connectivity index (χ0v) is 13.4. The maximum atomic E-state index is 12.1. The van der Waals surface area contributed by atoms with Gasteiger partial charge in [-0.05, 0) is 54.6 Å². The van der Waals surface area contributed by atoms with Crippen molar-refractivity contribution >= 4 is 23.0 Å². The lowest BCUT2D eigenvalue weighted by molar-refractivity contribution is -0.384. The number of ether oxygens (including phenoxy) is 1. The Bertz CT molecular complexity index is 937. The number of nitro groups is 1. The molecule has 0 aromatic heterocycles. The second-order valence-electron chi connectivity index (χ2n) is 5.15. The van der Waals surface area contributed by atoms with Crippen molar-refractivity contribution in [3.63, 3.8) is 0 Å². The molecule has 0 aliphatic heterocycles. The van der Waals surface area contributed by atoms with Gasteiger partial charge in [0.05, 0.1) is 21.9 Å². The molecule has 1 radical (unpaired) electrons. The van der Waals surface area contributed by atoms with Gasteiger partial charge in [-0.3, -0.25) is 10.1 Å². The zero-order chi connectivity index (χ0) is 18.4. The number of carbonyl (C=O) groups is 1. The van der Waals surface area contributed by atoms with Gasteiger partial charge in [0, 0.05) is 12.1 Å². The van der Waals surface area contributed by atoms with Gasteiger partial charge in [0.15, 0.2) is 0 Å². The van der Waals surface area contributed by atoms with Gasteiger partial charge < -0.3 is 4.74 Å². The highest BCUT2D eigenvalue weighted by Crippen LogP contribution is 2.22. The van der Waals surface area contributed by atoms with Crippen LogP contribution in [0.5, 0.6) is 5.75 Å². The molecule has 26 heavy (non-hydrogen) atoms. The summed E-state index contributed by atoms with van der Waals surface area (Å²) in [6.45, 7) is 0. The minimum atomic E-state index is -0.480. The minimum absolute atomic E-state index is 0.0110. The maximum Gasteiger partial charge on any atom is 0.343 e. The molecule has 0 amide bonds. The first-order valence-corrected chi connectivity index (χ1v) is 7.56. The second kappa shape index (κ2) is 7.80. The van der Waals surface area contributed by atoms with E-state index in [4.69, 9.17) is 4.74 Å². The van der Waals surface area contributed by atoms with E-state index in [2.05, 4.69) is 16.3 Å². The number of carbonyl (C=O) groups excluding carboxylic acids is 1. The molecule has 0 atom stereocenters. The summed E-state index contributed by atoms with van der Waals surface area (Å²) in [4.78, 5) is 22.2. The molecule has 0 heterocycles. The van der Waals surface area contributed by atoms with Crippen LogP contribution in [0.1, 0.15) is 10.4 Å². The van der Waals surface area contributed by atoms with Crippen LogP contribution < -0.4 is 4.74 Å². The summed E-state index contributed by atoms with van der Waals surface area (Å²) >= 11 is 0. The van der Waals surface area contributed by atoms with E-state index in [9.17, 15) is 14.9 Å². The summed E-state index contributed by atoms with van der Waals surface area (Å²) in [5.74, 6) is -0.0363. The quantitative estimate of drug-likeness (QED) is 0.213. The van der Waals surface area contributed by atoms with Crippen molar-refractivity contribution in [2.45, 2.75) is 0 Å². The molecular weight excluding hydrogens is 334 g/mol. The van der Waals surface area contributed by atoms with Gasteiger partial charge in [0.25, 0.3) is 5.69 Å². The number of non-ortho nitro benzene ring substituents is 1. The standard InChI is InChI=1S/C19H12N3O4/c23-19(26-18-4-2-1-3-5-18)14-6-8-15(9-7-14)20-21-16-10-12-17(13-11-16)22(24)25/h2-13H. The minimum Gasteiger partial charge on any atom is -0.423 e. The molecule has 127 valence electrons. The van der Waals surface area contributed by atoms with Crippen LogP contribution in [0.4, 0.5) is 17.1 Å². The maximum absolute atomic E-state index is 12.1. The van der Waals surface area contributed by atoms with Crippen LogP contribution in [0.25, 0.3) is 0 Å². The predicted octanol–water partition coefficient (Wildman–Crippen LogP) is 5.03. The molecule has 0 unspecified atom stereocenters. The highest BCUT2D eigenvalue weighted by Gasteiger charge is 2.08. The van der Waals surface area contributed by atoms with Crippen molar-refractivity contribution in [3.05, 3.63) is 94.5 Å². The zero-order valence-electron chi connectivity index (χ0n) is 13.4. The third-order valence-corrected chi connectivity index (χ3v) is 3.34. The fraction of sp³-hybridized carbons (Fsp3) is 0. The molecule has 0 spiro atoms. The number of azo groups is 1. The van der Waals surface area contributed by atoms with E-state index in [0.717, 1.165) is 0 Å². The highest BCUT2D eigenvalue weighted by atomic mass is 16.6. The van der Waals surface area contributed by atoms with Crippen LogP contribution in [-0.4, -0.2) is 10.9 Å². The summed E-state index contributed by atoms with van der Waals surface area (Å²) in [6, 6.07) is 21.6. The molecule has 0 aliphatic rings. The summed E-state index contributed by atoms with van der Waals surface area (Å²) in [5, 5.41) is 18.6. The van der Waals surface area contributed by atoms with Gasteiger partial charge in [-0.15, -0.1) is 0 Å². The van der Waals surface area contributed by atoms with Crippen LogP contribution in [0.3, 0.4) is 0 Å². The third kappa shape index (κ3) is 4.35. The predicted molar refractivity (Wildman–Crippen MR) is 94.0 cm³/mol. The third-order valence-electron chi connectivity index (χ3n) is 3.34. The molecule has 3 aromatic rings. The van der Waals surface area contributed by atoms with Gasteiger partial charge in [-0.2, -0.15) is 10.2 Å². The Morgan fingerprint density at radius 3 is 1.96 bits per heavy atom. The Morgan fingerprint density at radius 2 is 1.42 bits per heavy atom. The van der Waals surface area contributed by atoms with Crippen LogP contribution >= 0.6 is 0 Å². The lowest BCUT2D eigenvalue weighted by Gasteiger charge is -2.03. The average Bonchev–Trinajstić information content (AvgIpc) is 2.68. The molecule has 0 saturated carbocycles. The van der Waals surface area contributed by atoms with E-state index in [1.54, 1.807) is 48.5 Å². The second-order valence-corrected chi connectivity index (χ2v) is 5.15. The van der Waals surface area contributed by atoms with E-state index in [-0.39, 0.29) is 5.69 Å². The van der Waals surface area contributed by atoms with Gasteiger partial charge in [0.2, 0.25) is 0 Å². The highest BCUT2D eigenvalue weighted by molar-refractivity contribution is 5.91. The molecule has 0 aliphatic carbocycles. The molecule has 0 saturated heterocycles. The van der Waals surface area contributed by atoms with Crippen molar-refractivity contribution in [2.75, 3.05) is 0 Å². The van der Waals surface area contributed by atoms with E-state index < -0.39 is 10.9 Å². The number of esters is 1. The van der Waals surface area contributed by atoms with Crippen molar-refractivity contribution in [2.24, 2.45) is 10.2 Å². The van der Waals surface area contributed by atoms with Crippen molar-refractivity contribution in [3.8, 4) is 5.75 Å². The number of nitro benzene ring substituents is 1. The molecule has 3 aromatic carbocycles. The Kier molecular flexibility index (Phi) is 5.09. The number of nitrogens with zero attached hydrogens (tertiary/aromatic N) is 3. The fourth-order valence-corrected chi connectivity index (χ4v) is 2.03. The van der Waals surface area contributed by atoms with Gasteiger partial charge in [0.1, 0.15) is 5.75 Å². The number of hydrogen-bond acceptors (Lipinski definition) is 6. The molecule has 0 N–H and O–H groups in total. The SMILES string of the molecule is O=C(Oc1cc[c]cc1)c1ccc(N=Nc2ccc([N+](=O)[O-])cc2)cc1. The Hall–Kier alpha value is -3.87. The average molecular weight is 346 g/mol. The van der Waals surface area contributed by atoms with Crippen LogP contribution in [0.2, 0.25) is 0 Å². The summed E-state index contributed by atoms with van der Waals surface area (Å²) in [6.07, 6.45) is 0. The Balaban J connectivity index is 1.65. The van der Waals surface area contributed by atoms with Gasteiger partial charge in [-0.25, -0.2) is 4.79 Å². The van der Waals surface area contributed by atoms with Gasteiger partial charge in [-0.1, -0.05) is 12.1 Å². The molecule has 0 fully saturated rings. The smallest absolute Gasteiger partial charge is 0.343 e. The molecule has 0 bridgehead atoms. The first-order valence-electron chi connectivity index (χ1n) is 7.56. The Labute approximate surface area is 148 Å². The van der Waals surface area contributed by atoms with Crippen molar-refractivity contribution in [1.29, 1.82) is 0 Å². The van der Waals surface area contributed by atoms with Crippen LogP contribution in [-0.2, 0) is 0 Å². The molecule has 7 nitrogen and oxygen atoms in total. The van der Waals surface area contributed by atoms with Gasteiger partial charge >= 0.3 is 5.97 Å². The lowest BCUT2D eigenvalue weighted by Crippen LogP contribution is -2.07. The van der Waals surface area contributed by atoms with Crippen molar-refractivity contribution < 1.29 is 14.5 Å². The normalized spacial score (nSPS) is 10.6. The van der Waals surface area contributed by atoms with E-state index in [1.165, 1.54) is 24.3 Å². The monoisotopic (exact) mass is 346 g/mol. The van der Waals surface area contributed by atoms with E-state index in [1.807, 2.05) is 0 Å². The number of rotatable bonds is 5. The summed E-state index contributed by atoms with van der Waals surface area (Å²) < 4.78 is 5.23. The Morgan fingerprint density at radius 1 is 0.885 bits per heavy atom. The van der Waals surface area contributed by atoms with Crippen molar-refractivity contribution in [1.82, 2.24) is 0 Å². The first-order chi connectivity index (χ1) is 12.6. The summed E-state index contributed by atoms with van der Waals surface area (Å²) in [7, 11) is 0. The van der Waals surface area contributed by atoms with E-state index in [0.29, 0.717) is 22.7 Å². The summed E-state index contributed by atoms with van der Waals surface area (Å²) in [5.41, 5.74) is 1.39. The number of hydrogen-bond donors (Lipinski definition) is 0. The van der Waals surface area contributed by atoms with E-state index >= 15 is 0 Å². The topological polar surface area (TPSA) is 94.2 Å². The molecule has 3 rings (SSSR count).